The van der Waals surface area contributed by atoms with E-state index in [4.69, 9.17) is 27.9 Å². The Bertz CT molecular complexity index is 1190. The molecule has 152 valence electrons. The van der Waals surface area contributed by atoms with Crippen LogP contribution in [0, 0.1) is 12.7 Å². The van der Waals surface area contributed by atoms with Gasteiger partial charge in [-0.25, -0.2) is 22.5 Å². The summed E-state index contributed by atoms with van der Waals surface area (Å²) in [6.07, 6.45) is 1.28. The van der Waals surface area contributed by atoms with Crippen LogP contribution in [0.25, 0.3) is 5.69 Å². The van der Waals surface area contributed by atoms with Crippen molar-refractivity contribution in [1.29, 1.82) is 0 Å². The van der Waals surface area contributed by atoms with Crippen molar-refractivity contribution in [2.45, 2.75) is 11.8 Å². The maximum atomic E-state index is 13.6. The predicted octanol–water partition coefficient (Wildman–Crippen LogP) is 3.75. The fraction of sp³-hybridized carbons (Fsp3) is 0.111. The van der Waals surface area contributed by atoms with Gasteiger partial charge in [0.2, 0.25) is 0 Å². The molecule has 1 amide bonds. The minimum atomic E-state index is -4.29. The number of aryl methyl sites for hydroxylation is 1. The summed E-state index contributed by atoms with van der Waals surface area (Å²) in [6.45, 7) is 1.57. The number of sulfonamides is 1. The molecular weight excluding hydrogens is 444 g/mol. The van der Waals surface area contributed by atoms with E-state index in [1.165, 1.54) is 48.2 Å². The standard InChI is InChI=1S/C18H14Cl2FN3O4S/c1-10-22-16(9-24(10)13-6-11(19)5-12(21)7-13)18(25)23-29(26,27)17-8-14(28-2)3-4-15(17)20/h3-9H,1-2H3,(H,23,25). The summed E-state index contributed by atoms with van der Waals surface area (Å²) in [7, 11) is -2.93. The van der Waals surface area contributed by atoms with Crippen molar-refractivity contribution in [3.63, 3.8) is 0 Å². The Balaban J connectivity index is 1.92. The number of rotatable bonds is 5. The minimum absolute atomic E-state index is 0.0813. The summed E-state index contributed by atoms with van der Waals surface area (Å²) < 4.78 is 47.1. The summed E-state index contributed by atoms with van der Waals surface area (Å²) in [6, 6.07) is 7.83. The molecule has 3 rings (SSSR count). The smallest absolute Gasteiger partial charge is 0.285 e. The Morgan fingerprint density at radius 1 is 1.21 bits per heavy atom. The Hall–Kier alpha value is -2.62. The quantitative estimate of drug-likeness (QED) is 0.629. The maximum Gasteiger partial charge on any atom is 0.285 e. The zero-order valence-corrected chi connectivity index (χ0v) is 17.4. The van der Waals surface area contributed by atoms with E-state index in [-0.39, 0.29) is 26.4 Å². The number of halogens is 3. The van der Waals surface area contributed by atoms with Crippen molar-refractivity contribution < 1.29 is 22.3 Å². The fourth-order valence-corrected chi connectivity index (χ4v) is 4.26. The molecule has 3 aromatic rings. The Morgan fingerprint density at radius 3 is 2.59 bits per heavy atom. The van der Waals surface area contributed by atoms with E-state index >= 15 is 0 Å². The van der Waals surface area contributed by atoms with E-state index in [0.29, 0.717) is 11.5 Å². The number of ether oxygens (including phenoxy) is 1. The van der Waals surface area contributed by atoms with Crippen molar-refractivity contribution in [2.24, 2.45) is 0 Å². The van der Waals surface area contributed by atoms with Gasteiger partial charge >= 0.3 is 0 Å². The number of aromatic nitrogens is 2. The molecule has 0 saturated heterocycles. The van der Waals surface area contributed by atoms with Gasteiger partial charge in [0.15, 0.2) is 0 Å². The molecule has 2 aromatic carbocycles. The van der Waals surface area contributed by atoms with E-state index in [2.05, 4.69) is 4.98 Å². The van der Waals surface area contributed by atoms with Gasteiger partial charge < -0.3 is 9.30 Å². The molecule has 11 heteroatoms. The van der Waals surface area contributed by atoms with Crippen LogP contribution >= 0.6 is 23.2 Å². The van der Waals surface area contributed by atoms with Gasteiger partial charge in [-0.15, -0.1) is 0 Å². The van der Waals surface area contributed by atoms with Crippen molar-refractivity contribution in [3.8, 4) is 11.4 Å². The van der Waals surface area contributed by atoms with E-state index in [1.54, 1.807) is 6.92 Å². The lowest BCUT2D eigenvalue weighted by Crippen LogP contribution is -2.31. The van der Waals surface area contributed by atoms with Gasteiger partial charge in [-0.1, -0.05) is 23.2 Å². The zero-order valence-electron chi connectivity index (χ0n) is 15.1. The third-order valence-corrected chi connectivity index (χ3v) is 5.93. The summed E-state index contributed by atoms with van der Waals surface area (Å²) in [5, 5.41) is 0.0801. The number of carbonyl (C=O) groups excluding carboxylic acids is 1. The van der Waals surface area contributed by atoms with Crippen LogP contribution in [0.4, 0.5) is 4.39 Å². The highest BCUT2D eigenvalue weighted by Crippen LogP contribution is 2.26. The van der Waals surface area contributed by atoms with E-state index in [0.717, 1.165) is 6.07 Å². The molecule has 0 aliphatic carbocycles. The molecule has 29 heavy (non-hydrogen) atoms. The topological polar surface area (TPSA) is 90.3 Å². The molecular formula is C18H14Cl2FN3O4S. The molecule has 1 N–H and O–H groups in total. The molecule has 0 fully saturated rings. The number of nitrogens with zero attached hydrogens (tertiary/aromatic N) is 2. The summed E-state index contributed by atoms with van der Waals surface area (Å²) >= 11 is 11.8. The second kappa shape index (κ2) is 8.02. The number of amides is 1. The number of hydrogen-bond acceptors (Lipinski definition) is 5. The lowest BCUT2D eigenvalue weighted by molar-refractivity contribution is 0.0977. The summed E-state index contributed by atoms with van der Waals surface area (Å²) in [4.78, 5) is 16.2. The van der Waals surface area contributed by atoms with Gasteiger partial charge in [0.25, 0.3) is 15.9 Å². The molecule has 7 nitrogen and oxygen atoms in total. The van der Waals surface area contributed by atoms with E-state index < -0.39 is 21.7 Å². The Morgan fingerprint density at radius 2 is 1.93 bits per heavy atom. The first-order valence-corrected chi connectivity index (χ1v) is 10.3. The maximum absolute atomic E-state index is 13.6. The first-order valence-electron chi connectivity index (χ1n) is 8.04. The highest BCUT2D eigenvalue weighted by Gasteiger charge is 2.24. The van der Waals surface area contributed by atoms with Gasteiger partial charge in [-0.2, -0.15) is 0 Å². The fourth-order valence-electron chi connectivity index (χ4n) is 2.57. The van der Waals surface area contributed by atoms with E-state index in [9.17, 15) is 17.6 Å². The second-order valence-corrected chi connectivity index (χ2v) is 8.40. The molecule has 1 heterocycles. The minimum Gasteiger partial charge on any atom is -0.497 e. The lowest BCUT2D eigenvalue weighted by Gasteiger charge is -2.09. The molecule has 0 atom stereocenters. The van der Waals surface area contributed by atoms with Crippen LogP contribution in [-0.2, 0) is 10.0 Å². The molecule has 0 bridgehead atoms. The van der Waals surface area contributed by atoms with Gasteiger partial charge in [0.1, 0.15) is 28.0 Å². The van der Waals surface area contributed by atoms with Crippen LogP contribution in [0.1, 0.15) is 16.3 Å². The summed E-state index contributed by atoms with van der Waals surface area (Å²) in [5.74, 6) is -0.964. The van der Waals surface area contributed by atoms with Gasteiger partial charge in [-0.05, 0) is 37.3 Å². The number of hydrogen-bond donors (Lipinski definition) is 1. The Labute approximate surface area is 176 Å². The third kappa shape index (κ3) is 4.52. The number of carbonyl (C=O) groups is 1. The third-order valence-electron chi connectivity index (χ3n) is 3.90. The van der Waals surface area contributed by atoms with Crippen LogP contribution in [0.5, 0.6) is 5.75 Å². The highest BCUT2D eigenvalue weighted by atomic mass is 35.5. The van der Waals surface area contributed by atoms with Gasteiger partial charge in [0.05, 0.1) is 17.8 Å². The summed E-state index contributed by atoms with van der Waals surface area (Å²) in [5.41, 5.74) is 0.142. The van der Waals surface area contributed by atoms with Crippen molar-refractivity contribution >= 4 is 39.1 Å². The van der Waals surface area contributed by atoms with E-state index in [1.807, 2.05) is 4.72 Å². The van der Waals surface area contributed by atoms with Crippen LogP contribution in [0.2, 0.25) is 10.0 Å². The molecule has 1 aromatic heterocycles. The molecule has 0 saturated carbocycles. The van der Waals surface area contributed by atoms with Crippen LogP contribution in [-0.4, -0.2) is 31.0 Å². The lowest BCUT2D eigenvalue weighted by atomic mass is 10.3. The molecule has 0 aliphatic heterocycles. The average Bonchev–Trinajstić information content (AvgIpc) is 3.03. The predicted molar refractivity (Wildman–Crippen MR) is 106 cm³/mol. The highest BCUT2D eigenvalue weighted by molar-refractivity contribution is 7.90. The zero-order chi connectivity index (χ0) is 21.3. The first-order chi connectivity index (χ1) is 13.6. The van der Waals surface area contributed by atoms with Gasteiger partial charge in [0, 0.05) is 17.3 Å². The van der Waals surface area contributed by atoms with Crippen LogP contribution < -0.4 is 9.46 Å². The largest absolute Gasteiger partial charge is 0.497 e. The molecule has 0 radical (unpaired) electrons. The normalized spacial score (nSPS) is 11.3. The monoisotopic (exact) mass is 457 g/mol. The van der Waals surface area contributed by atoms with Crippen LogP contribution in [0.15, 0.2) is 47.5 Å². The number of imidazole rings is 1. The molecule has 0 aliphatic rings. The number of benzene rings is 2. The SMILES string of the molecule is COc1ccc(Cl)c(S(=O)(=O)NC(=O)c2cn(-c3cc(F)cc(Cl)c3)c(C)n2)c1. The van der Waals surface area contributed by atoms with Crippen molar-refractivity contribution in [2.75, 3.05) is 7.11 Å². The van der Waals surface area contributed by atoms with Gasteiger partial charge in [-0.3, -0.25) is 4.79 Å². The first kappa shape index (κ1) is 21.1. The molecule has 0 spiro atoms. The number of nitrogens with one attached hydrogen (secondary N) is 1. The average molecular weight is 458 g/mol. The van der Waals surface area contributed by atoms with Crippen LogP contribution in [0.3, 0.4) is 0 Å². The second-order valence-electron chi connectivity index (χ2n) is 5.90. The van der Waals surface area contributed by atoms with Crippen molar-refractivity contribution in [1.82, 2.24) is 14.3 Å². The van der Waals surface area contributed by atoms with Crippen molar-refractivity contribution in [3.05, 3.63) is 70.0 Å². The Kier molecular flexibility index (Phi) is 5.83. The molecule has 0 unspecified atom stereocenters. The number of methoxy groups -OCH3 is 1.